The summed E-state index contributed by atoms with van der Waals surface area (Å²) in [6.07, 6.45) is 66.7. The van der Waals surface area contributed by atoms with Crippen LogP contribution in [-0.2, 0) is 0 Å². The van der Waals surface area contributed by atoms with Gasteiger partial charge in [0.05, 0.1) is 0 Å². The third kappa shape index (κ3) is 15.4. The molecule has 12 saturated carbocycles. The Kier molecular flexibility index (Phi) is 22.2. The smallest absolute Gasteiger partial charge is 0.219 e. The number of hydrogen-bond donors (Lipinski definition) is 0. The van der Waals surface area contributed by atoms with Crippen molar-refractivity contribution in [2.75, 3.05) is 0 Å². The first-order valence-corrected chi connectivity index (χ1v) is 42.1. The number of hydrogen-bond acceptors (Lipinski definition) is 15. The maximum Gasteiger partial charge on any atom is 0.219 e. The minimum Gasteiger partial charge on any atom is -0.425 e. The summed E-state index contributed by atoms with van der Waals surface area (Å²) in [5.74, 6) is 11.4. The number of nitrogens with zero attached hydrogens (tertiary/aromatic N) is 11. The van der Waals surface area contributed by atoms with Crippen molar-refractivity contribution in [1.82, 2.24) is 55.5 Å². The Labute approximate surface area is 577 Å². The fraction of sp³-hybridized carbons (Fsp3) is 0.901. The predicted octanol–water partition coefficient (Wildman–Crippen LogP) is 20.5. The van der Waals surface area contributed by atoms with E-state index in [1.165, 1.54) is 244 Å². The highest BCUT2D eigenvalue weighted by molar-refractivity contribution is 5.13. The van der Waals surface area contributed by atoms with Gasteiger partial charge >= 0.3 is 0 Å². The maximum absolute atomic E-state index is 7.04. The highest BCUT2D eigenvalue weighted by Crippen LogP contribution is 2.53. The van der Waals surface area contributed by atoms with Crippen LogP contribution in [0.3, 0.4) is 0 Å². The molecular weight excluding hydrogens is 1190 g/mol. The molecule has 4 aromatic heterocycles. The molecule has 530 valence electrons. The Balaban J connectivity index is 0.708. The van der Waals surface area contributed by atoms with Crippen LogP contribution in [0.1, 0.15) is 435 Å². The molecule has 15 nitrogen and oxygen atoms in total. The topological polar surface area (TPSA) is 165 Å². The summed E-state index contributed by atoms with van der Waals surface area (Å²) in [7, 11) is 0. The van der Waals surface area contributed by atoms with Crippen LogP contribution >= 0.6 is 0 Å². The standard InChI is InChI=1S/C81H127N11O4/c1-54-22-20-35-69(46-54)90(65-31-16-6-17-32-65)67-42-38-55(39-43-67)56-40-44-68(45-41-56)91(66-33-18-7-19-34-66)70-36-21-37-71(53-70)92(72-49-61(78-86-82-74(93-78)57-23-8-2-9-24-57)47-62(50-72)79-87-83-75(94-79)58-25-10-3-11-26-58)73-51-63(80-88-84-76(95-80)59-27-12-4-13-28-59)48-64(52-73)81-89-85-77(96-81)60-29-14-5-15-30-60/h54-73H,2-53H2,1H3. The molecule has 0 amide bonds. The van der Waals surface area contributed by atoms with Gasteiger partial charge in [0.15, 0.2) is 0 Å². The van der Waals surface area contributed by atoms with Gasteiger partial charge in [0.1, 0.15) is 0 Å². The molecule has 12 fully saturated rings. The minimum atomic E-state index is 0.0872. The van der Waals surface area contributed by atoms with Crippen molar-refractivity contribution in [3.63, 3.8) is 0 Å². The van der Waals surface area contributed by atoms with E-state index in [0.717, 1.165) is 173 Å². The Morgan fingerprint density at radius 2 is 0.438 bits per heavy atom. The Morgan fingerprint density at radius 3 is 0.740 bits per heavy atom. The highest BCUT2D eigenvalue weighted by Gasteiger charge is 2.50. The number of rotatable bonds is 18. The molecule has 15 heteroatoms. The third-order valence-electron chi connectivity index (χ3n) is 29.0. The van der Waals surface area contributed by atoms with Gasteiger partial charge in [-0.3, -0.25) is 14.7 Å². The molecule has 4 aromatic rings. The van der Waals surface area contributed by atoms with Crippen molar-refractivity contribution in [1.29, 1.82) is 0 Å². The van der Waals surface area contributed by atoms with Crippen LogP contribution in [0, 0.1) is 17.8 Å². The zero-order valence-electron chi connectivity index (χ0n) is 59.9. The summed E-state index contributed by atoms with van der Waals surface area (Å²) in [4.78, 5) is 9.70. The largest absolute Gasteiger partial charge is 0.425 e. The molecular formula is C81H127N11O4. The average Bonchev–Trinajstić information content (AvgIpc) is 1.13. The quantitative estimate of drug-likeness (QED) is 0.0923. The van der Waals surface area contributed by atoms with Crippen molar-refractivity contribution in [3.05, 3.63) is 47.1 Å². The van der Waals surface area contributed by atoms with Crippen molar-refractivity contribution in [2.45, 2.75) is 443 Å². The zero-order chi connectivity index (χ0) is 64.2. The molecule has 16 rings (SSSR count). The molecule has 4 heterocycles. The second-order valence-corrected chi connectivity index (χ2v) is 35.2. The molecule has 0 aliphatic heterocycles. The van der Waals surface area contributed by atoms with E-state index in [2.05, 4.69) is 21.6 Å². The molecule has 12 aliphatic rings. The summed E-state index contributed by atoms with van der Waals surface area (Å²) >= 11 is 0. The van der Waals surface area contributed by atoms with Crippen molar-refractivity contribution >= 4 is 0 Å². The fourth-order valence-corrected chi connectivity index (χ4v) is 24.1. The first-order chi connectivity index (χ1) is 47.4. The van der Waals surface area contributed by atoms with Crippen LogP contribution in [0.2, 0.25) is 0 Å². The zero-order valence-corrected chi connectivity index (χ0v) is 59.9. The van der Waals surface area contributed by atoms with Gasteiger partial charge in [-0.2, -0.15) is 0 Å². The van der Waals surface area contributed by atoms with Gasteiger partial charge in [-0.25, -0.2) is 0 Å². The second kappa shape index (κ2) is 31.8. The van der Waals surface area contributed by atoms with Gasteiger partial charge in [-0.05, 0) is 217 Å². The molecule has 0 bridgehead atoms. The SMILES string of the molecule is CC1CCCC(N(C2CCCCC2)C2CCC(C3CCC(N(C4CCCCC4)C4CCCC(N(C5CC(c6nnc(C7CCCCC7)o6)CC(c6nnc(C7CCCCC7)o6)C5)C5CC(c6nnc(C7CCCCC7)o6)CC(c6nnc(C7CCCCC7)o6)C5)C4)CC3)CC2)C1. The lowest BCUT2D eigenvalue weighted by Gasteiger charge is -2.54. The normalized spacial score (nSPS) is 35.5. The molecule has 0 aromatic carbocycles. The van der Waals surface area contributed by atoms with E-state index in [1.807, 2.05) is 0 Å². The molecule has 0 saturated heterocycles. The second-order valence-electron chi connectivity index (χ2n) is 35.2. The Morgan fingerprint density at radius 1 is 0.198 bits per heavy atom. The van der Waals surface area contributed by atoms with Crippen LogP contribution in [0.4, 0.5) is 0 Å². The van der Waals surface area contributed by atoms with Gasteiger partial charge in [-0.15, -0.1) is 40.8 Å². The van der Waals surface area contributed by atoms with E-state index in [1.54, 1.807) is 0 Å². The summed E-state index contributed by atoms with van der Waals surface area (Å²) in [6.45, 7) is 2.56. The highest BCUT2D eigenvalue weighted by atomic mass is 16.4. The van der Waals surface area contributed by atoms with Crippen molar-refractivity contribution in [3.8, 4) is 0 Å². The molecule has 8 atom stereocenters. The molecule has 0 spiro atoms. The van der Waals surface area contributed by atoms with Crippen LogP contribution in [-0.4, -0.2) is 110 Å². The van der Waals surface area contributed by atoms with E-state index >= 15 is 0 Å². The van der Waals surface area contributed by atoms with Gasteiger partial charge in [0.2, 0.25) is 47.1 Å². The van der Waals surface area contributed by atoms with Gasteiger partial charge in [0.25, 0.3) is 0 Å². The van der Waals surface area contributed by atoms with Gasteiger partial charge < -0.3 is 17.7 Å². The van der Waals surface area contributed by atoms with Crippen LogP contribution in [0.25, 0.3) is 0 Å². The van der Waals surface area contributed by atoms with Gasteiger partial charge in [0, 0.05) is 102 Å². The lowest BCUT2D eigenvalue weighted by Crippen LogP contribution is -2.58. The van der Waals surface area contributed by atoms with E-state index in [9.17, 15) is 0 Å². The van der Waals surface area contributed by atoms with Crippen molar-refractivity contribution < 1.29 is 17.7 Å². The van der Waals surface area contributed by atoms with E-state index in [-0.39, 0.29) is 35.8 Å². The Hall–Kier alpha value is -3.56. The third-order valence-corrected chi connectivity index (χ3v) is 29.0. The van der Waals surface area contributed by atoms with E-state index in [4.69, 9.17) is 58.5 Å². The van der Waals surface area contributed by atoms with E-state index < -0.39 is 0 Å². The van der Waals surface area contributed by atoms with Crippen LogP contribution < -0.4 is 0 Å². The van der Waals surface area contributed by atoms with E-state index in [0.29, 0.717) is 47.8 Å². The van der Waals surface area contributed by atoms with Gasteiger partial charge in [-0.1, -0.05) is 142 Å². The first-order valence-electron chi connectivity index (χ1n) is 42.1. The monoisotopic (exact) mass is 1320 g/mol. The molecule has 12 aliphatic carbocycles. The lowest BCUT2D eigenvalue weighted by atomic mass is 9.70. The minimum absolute atomic E-state index is 0.0872. The summed E-state index contributed by atoms with van der Waals surface area (Å²) in [5, 5.41) is 40.1. The molecule has 96 heavy (non-hydrogen) atoms. The summed E-state index contributed by atoms with van der Waals surface area (Å²) in [5.41, 5.74) is 0. The van der Waals surface area contributed by atoms with Crippen LogP contribution in [0.5, 0.6) is 0 Å². The average molecular weight is 1320 g/mol. The molecule has 8 unspecified atom stereocenters. The first kappa shape index (κ1) is 67.0. The summed E-state index contributed by atoms with van der Waals surface area (Å²) < 4.78 is 28.2. The van der Waals surface area contributed by atoms with Crippen molar-refractivity contribution in [2.24, 2.45) is 17.8 Å². The molecule has 0 N–H and O–H groups in total. The Bertz CT molecular complexity index is 2710. The predicted molar refractivity (Wildman–Crippen MR) is 375 cm³/mol. The fourth-order valence-electron chi connectivity index (χ4n) is 24.1. The molecule has 0 radical (unpaired) electrons. The van der Waals surface area contributed by atoms with Crippen LogP contribution in [0.15, 0.2) is 17.7 Å². The summed E-state index contributed by atoms with van der Waals surface area (Å²) in [6, 6.07) is 5.37. The number of aromatic nitrogens is 8. The lowest BCUT2D eigenvalue weighted by molar-refractivity contribution is -0.0402. The maximum atomic E-state index is 7.04.